The molecular weight excluding hydrogens is 370 g/mol. The van der Waals surface area contributed by atoms with E-state index in [0.29, 0.717) is 28.5 Å². The lowest BCUT2D eigenvalue weighted by Gasteiger charge is -2.21. The monoisotopic (exact) mass is 395 g/mol. The molecule has 0 unspecified atom stereocenters. The van der Waals surface area contributed by atoms with Gasteiger partial charge in [0.2, 0.25) is 5.91 Å². The van der Waals surface area contributed by atoms with Gasteiger partial charge in [-0.1, -0.05) is 25.3 Å². The Kier molecular flexibility index (Phi) is 5.38. The summed E-state index contributed by atoms with van der Waals surface area (Å²) in [6, 6.07) is 8.77. The molecule has 2 aromatic heterocycles. The minimum Gasteiger partial charge on any atom is -0.485 e. The summed E-state index contributed by atoms with van der Waals surface area (Å²) in [5.41, 5.74) is 2.31. The van der Waals surface area contributed by atoms with Gasteiger partial charge < -0.3 is 14.6 Å². The van der Waals surface area contributed by atoms with E-state index in [1.165, 1.54) is 12.5 Å². The van der Waals surface area contributed by atoms with Crippen molar-refractivity contribution < 1.29 is 14.1 Å². The van der Waals surface area contributed by atoms with Crippen LogP contribution in [0, 0.1) is 19.8 Å². The maximum Gasteiger partial charge on any atom is 0.287 e. The molecule has 0 atom stereocenters. The van der Waals surface area contributed by atoms with E-state index in [1.807, 2.05) is 25.1 Å². The number of benzene rings is 1. The van der Waals surface area contributed by atoms with Gasteiger partial charge >= 0.3 is 0 Å². The van der Waals surface area contributed by atoms with Gasteiger partial charge in [-0.3, -0.25) is 9.59 Å². The molecule has 2 heterocycles. The van der Waals surface area contributed by atoms with Gasteiger partial charge in [0.05, 0.1) is 11.4 Å². The van der Waals surface area contributed by atoms with Crippen LogP contribution >= 0.6 is 0 Å². The van der Waals surface area contributed by atoms with Gasteiger partial charge in [0.15, 0.2) is 5.65 Å². The molecule has 4 rings (SSSR count). The number of carbonyl (C=O) groups is 1. The van der Waals surface area contributed by atoms with Crippen molar-refractivity contribution in [3.8, 4) is 5.75 Å². The number of rotatable bonds is 5. The molecule has 152 valence electrons. The highest BCUT2D eigenvalue weighted by molar-refractivity contribution is 5.94. The number of hydrogen-bond donors (Lipinski definition) is 1. The molecular formula is C22H25N3O4. The van der Waals surface area contributed by atoms with Crippen LogP contribution in [0.15, 0.2) is 39.6 Å². The van der Waals surface area contributed by atoms with E-state index in [0.717, 1.165) is 35.8 Å². The Morgan fingerprint density at radius 3 is 2.79 bits per heavy atom. The number of nitrogens with zero attached hydrogens (tertiary/aromatic N) is 2. The van der Waals surface area contributed by atoms with Crippen LogP contribution in [0.5, 0.6) is 5.75 Å². The Balaban J connectivity index is 1.51. The SMILES string of the molecule is Cc1ccc(NC(=O)C2CCCCC2)c(OCc2cc(=O)n3oc(C)cc3n2)c1. The Hall–Kier alpha value is -3.09. The summed E-state index contributed by atoms with van der Waals surface area (Å²) in [6.07, 6.45) is 5.28. The molecule has 0 spiro atoms. The molecule has 7 heteroatoms. The van der Waals surface area contributed by atoms with Crippen molar-refractivity contribution in [2.45, 2.75) is 52.6 Å². The largest absolute Gasteiger partial charge is 0.485 e. The molecule has 7 nitrogen and oxygen atoms in total. The predicted molar refractivity (Wildman–Crippen MR) is 109 cm³/mol. The first kappa shape index (κ1) is 19.2. The summed E-state index contributed by atoms with van der Waals surface area (Å²) < 4.78 is 12.4. The van der Waals surface area contributed by atoms with Crippen molar-refractivity contribution in [3.05, 3.63) is 57.7 Å². The first-order valence-corrected chi connectivity index (χ1v) is 10.0. The number of hydrogen-bond acceptors (Lipinski definition) is 5. The number of anilines is 1. The second kappa shape index (κ2) is 8.11. The summed E-state index contributed by atoms with van der Waals surface area (Å²) in [4.78, 5) is 29.2. The smallest absolute Gasteiger partial charge is 0.287 e. The van der Waals surface area contributed by atoms with Crippen molar-refractivity contribution in [2.24, 2.45) is 5.92 Å². The number of aromatic nitrogens is 2. The molecule has 1 saturated carbocycles. The van der Waals surface area contributed by atoms with Gasteiger partial charge in [-0.15, -0.1) is 4.57 Å². The minimum absolute atomic E-state index is 0.0464. The quantitative estimate of drug-likeness (QED) is 0.706. The third kappa shape index (κ3) is 4.34. The fraction of sp³-hybridized carbons (Fsp3) is 0.409. The Morgan fingerprint density at radius 2 is 2.00 bits per heavy atom. The van der Waals surface area contributed by atoms with Crippen LogP contribution in [0.4, 0.5) is 5.69 Å². The lowest BCUT2D eigenvalue weighted by atomic mass is 9.88. The van der Waals surface area contributed by atoms with Crippen LogP contribution in [0.1, 0.15) is 49.1 Å². The molecule has 1 aliphatic rings. The maximum absolute atomic E-state index is 12.6. The Bertz CT molecular complexity index is 1090. The molecule has 0 aliphatic heterocycles. The zero-order chi connectivity index (χ0) is 20.4. The zero-order valence-electron chi connectivity index (χ0n) is 16.7. The lowest BCUT2D eigenvalue weighted by molar-refractivity contribution is -0.120. The van der Waals surface area contributed by atoms with E-state index in [-0.39, 0.29) is 24.0 Å². The molecule has 1 amide bonds. The van der Waals surface area contributed by atoms with E-state index >= 15 is 0 Å². The summed E-state index contributed by atoms with van der Waals surface area (Å²) in [5, 5.41) is 3.02. The van der Waals surface area contributed by atoms with Gasteiger partial charge in [0.1, 0.15) is 18.1 Å². The van der Waals surface area contributed by atoms with Crippen LogP contribution in [0.2, 0.25) is 0 Å². The number of fused-ring (bicyclic) bond motifs is 1. The number of nitrogens with one attached hydrogen (secondary N) is 1. The van der Waals surface area contributed by atoms with Gasteiger partial charge in [0.25, 0.3) is 5.56 Å². The van der Waals surface area contributed by atoms with E-state index < -0.39 is 0 Å². The molecule has 1 aromatic carbocycles. The summed E-state index contributed by atoms with van der Waals surface area (Å²) in [6.45, 7) is 3.84. The van der Waals surface area contributed by atoms with Crippen LogP contribution in [0.25, 0.3) is 5.65 Å². The molecule has 1 N–H and O–H groups in total. The topological polar surface area (TPSA) is 85.8 Å². The van der Waals surface area contributed by atoms with Crippen molar-refractivity contribution in [1.82, 2.24) is 9.56 Å². The second-order valence-corrected chi connectivity index (χ2v) is 7.70. The third-order valence-electron chi connectivity index (χ3n) is 5.27. The van der Waals surface area contributed by atoms with Crippen molar-refractivity contribution >= 4 is 17.2 Å². The summed E-state index contributed by atoms with van der Waals surface area (Å²) in [5.74, 6) is 1.29. The van der Waals surface area contributed by atoms with Gasteiger partial charge in [0, 0.05) is 18.1 Å². The van der Waals surface area contributed by atoms with Crippen LogP contribution in [0.3, 0.4) is 0 Å². The van der Waals surface area contributed by atoms with Crippen LogP contribution in [-0.4, -0.2) is 15.5 Å². The highest BCUT2D eigenvalue weighted by Gasteiger charge is 2.22. The van der Waals surface area contributed by atoms with Gasteiger partial charge in [-0.05, 0) is 44.4 Å². The van der Waals surface area contributed by atoms with E-state index in [4.69, 9.17) is 9.26 Å². The van der Waals surface area contributed by atoms with E-state index in [9.17, 15) is 9.59 Å². The van der Waals surface area contributed by atoms with Crippen LogP contribution < -0.4 is 15.6 Å². The molecule has 0 bridgehead atoms. The highest BCUT2D eigenvalue weighted by atomic mass is 16.5. The standard InChI is InChI=1S/C22H25N3O4/c1-14-8-9-18(24-22(27)16-6-4-3-5-7-16)19(10-14)28-13-17-12-21(26)25-20(23-17)11-15(2)29-25/h8-12,16H,3-7,13H2,1-2H3,(H,24,27). The van der Waals surface area contributed by atoms with Crippen molar-refractivity contribution in [1.29, 1.82) is 0 Å². The second-order valence-electron chi connectivity index (χ2n) is 7.70. The number of amides is 1. The fourth-order valence-electron chi connectivity index (χ4n) is 3.75. The average Bonchev–Trinajstić information content (AvgIpc) is 3.09. The van der Waals surface area contributed by atoms with E-state index in [1.54, 1.807) is 13.0 Å². The lowest BCUT2D eigenvalue weighted by Crippen LogP contribution is -2.25. The van der Waals surface area contributed by atoms with Gasteiger partial charge in [-0.25, -0.2) is 4.98 Å². The van der Waals surface area contributed by atoms with Gasteiger partial charge in [-0.2, -0.15) is 0 Å². The fourth-order valence-corrected chi connectivity index (χ4v) is 3.75. The van der Waals surface area contributed by atoms with E-state index in [2.05, 4.69) is 10.3 Å². The molecule has 0 saturated heterocycles. The summed E-state index contributed by atoms with van der Waals surface area (Å²) >= 11 is 0. The minimum atomic E-state index is -0.295. The first-order chi connectivity index (χ1) is 14.0. The number of carbonyl (C=O) groups excluding carboxylic acids is 1. The number of ether oxygens (including phenoxy) is 1. The van der Waals surface area contributed by atoms with Crippen molar-refractivity contribution in [3.63, 3.8) is 0 Å². The molecule has 0 radical (unpaired) electrons. The Labute approximate surface area is 168 Å². The zero-order valence-corrected chi connectivity index (χ0v) is 16.7. The normalized spacial score (nSPS) is 14.8. The molecule has 29 heavy (non-hydrogen) atoms. The third-order valence-corrected chi connectivity index (χ3v) is 5.27. The highest BCUT2D eigenvalue weighted by Crippen LogP contribution is 2.29. The predicted octanol–water partition coefficient (Wildman–Crippen LogP) is 4.00. The van der Waals surface area contributed by atoms with Crippen molar-refractivity contribution in [2.75, 3.05) is 5.32 Å². The molecule has 1 aliphatic carbocycles. The first-order valence-electron chi connectivity index (χ1n) is 10.0. The molecule has 3 aromatic rings. The average molecular weight is 395 g/mol. The van der Waals surface area contributed by atoms with Crippen LogP contribution in [-0.2, 0) is 11.4 Å². The number of aryl methyl sites for hydroxylation is 2. The molecule has 1 fully saturated rings. The maximum atomic E-state index is 12.6. The Morgan fingerprint density at radius 1 is 1.21 bits per heavy atom. The summed E-state index contributed by atoms with van der Waals surface area (Å²) in [7, 11) is 0.